The summed E-state index contributed by atoms with van der Waals surface area (Å²) in [4.78, 5) is 9.15. The summed E-state index contributed by atoms with van der Waals surface area (Å²) < 4.78 is 5.71. The summed E-state index contributed by atoms with van der Waals surface area (Å²) in [6.07, 6.45) is 0. The Balaban J connectivity index is 1.40. The maximum Gasteiger partial charge on any atom is 0.193 e. The molecule has 0 amide bonds. The number of aliphatic imine (C=N–C) groups is 1. The number of benzene rings is 1. The van der Waals surface area contributed by atoms with Crippen LogP contribution in [0.2, 0.25) is 0 Å². The maximum absolute atomic E-state index is 5.71. The predicted molar refractivity (Wildman–Crippen MR) is 101 cm³/mol. The number of anilines is 1. The minimum Gasteiger partial charge on any atom is -0.492 e. The van der Waals surface area contributed by atoms with Crippen molar-refractivity contribution in [2.45, 2.75) is 0 Å². The minimum atomic E-state index is 0.623. The van der Waals surface area contributed by atoms with Gasteiger partial charge in [-0.1, -0.05) is 18.2 Å². The largest absolute Gasteiger partial charge is 0.492 e. The van der Waals surface area contributed by atoms with Crippen LogP contribution in [-0.2, 0) is 0 Å². The Kier molecular flexibility index (Phi) is 5.96. The van der Waals surface area contributed by atoms with E-state index in [4.69, 9.17) is 4.74 Å². The lowest BCUT2D eigenvalue weighted by molar-refractivity contribution is 0.315. The van der Waals surface area contributed by atoms with Gasteiger partial charge in [0.1, 0.15) is 12.4 Å². The minimum absolute atomic E-state index is 0.623. The zero-order valence-electron chi connectivity index (χ0n) is 14.0. The number of nitrogens with one attached hydrogen (secondary N) is 1. The smallest absolute Gasteiger partial charge is 0.193 e. The number of ether oxygens (including phenoxy) is 1. The molecule has 24 heavy (non-hydrogen) atoms. The van der Waals surface area contributed by atoms with Crippen LogP contribution in [0, 0.1) is 0 Å². The van der Waals surface area contributed by atoms with Crippen LogP contribution >= 0.6 is 11.3 Å². The summed E-state index contributed by atoms with van der Waals surface area (Å²) in [6, 6.07) is 14.2. The number of hydrogen-bond acceptors (Lipinski definition) is 4. The molecule has 1 N–H and O–H groups in total. The molecule has 6 heteroatoms. The zero-order chi connectivity index (χ0) is 16.6. The molecule has 5 nitrogen and oxygen atoms in total. The lowest BCUT2D eigenvalue weighted by Gasteiger charge is -2.37. The first-order valence-corrected chi connectivity index (χ1v) is 9.16. The summed E-state index contributed by atoms with van der Waals surface area (Å²) in [5.41, 5.74) is 0. The van der Waals surface area contributed by atoms with E-state index in [9.17, 15) is 0 Å². The maximum atomic E-state index is 5.71. The standard InChI is InChI=1S/C18H24N4OS/c1-19-18(20-9-14-23-16-6-3-2-4-7-16)22-12-10-21(11-13-22)17-8-5-15-24-17/h2-8,15H,9-14H2,1H3,(H,19,20). The van der Waals surface area contributed by atoms with Gasteiger partial charge in [-0.05, 0) is 29.6 Å². The molecule has 1 saturated heterocycles. The Morgan fingerprint density at radius 1 is 1.12 bits per heavy atom. The van der Waals surface area contributed by atoms with Gasteiger partial charge in [0.25, 0.3) is 0 Å². The van der Waals surface area contributed by atoms with Crippen LogP contribution in [0.3, 0.4) is 0 Å². The van der Waals surface area contributed by atoms with E-state index in [1.54, 1.807) is 11.3 Å². The van der Waals surface area contributed by atoms with Crippen LogP contribution < -0.4 is 15.0 Å². The van der Waals surface area contributed by atoms with Crippen LogP contribution in [0.1, 0.15) is 0 Å². The van der Waals surface area contributed by atoms with E-state index < -0.39 is 0 Å². The third kappa shape index (κ3) is 4.41. The highest BCUT2D eigenvalue weighted by molar-refractivity contribution is 7.14. The van der Waals surface area contributed by atoms with Gasteiger partial charge in [-0.25, -0.2) is 0 Å². The van der Waals surface area contributed by atoms with Gasteiger partial charge in [0.05, 0.1) is 11.5 Å². The fourth-order valence-corrected chi connectivity index (χ4v) is 3.55. The molecule has 0 spiro atoms. The van der Waals surface area contributed by atoms with Gasteiger partial charge < -0.3 is 19.9 Å². The molecule has 1 aliphatic heterocycles. The molecule has 0 atom stereocenters. The van der Waals surface area contributed by atoms with Gasteiger partial charge in [0.2, 0.25) is 0 Å². The number of thiophene rings is 1. The first kappa shape index (κ1) is 16.6. The van der Waals surface area contributed by atoms with Gasteiger partial charge in [-0.2, -0.15) is 0 Å². The Morgan fingerprint density at radius 2 is 1.92 bits per heavy atom. The lowest BCUT2D eigenvalue weighted by atomic mass is 10.3. The average Bonchev–Trinajstić information content (AvgIpc) is 3.18. The third-order valence-electron chi connectivity index (χ3n) is 4.01. The average molecular weight is 344 g/mol. The van der Waals surface area contributed by atoms with Crippen LogP contribution in [0.4, 0.5) is 5.00 Å². The third-order valence-corrected chi connectivity index (χ3v) is 4.93. The van der Waals surface area contributed by atoms with E-state index in [0.29, 0.717) is 6.61 Å². The molecule has 1 fully saturated rings. The van der Waals surface area contributed by atoms with Crippen molar-refractivity contribution in [2.75, 3.05) is 51.3 Å². The number of rotatable bonds is 5. The van der Waals surface area contributed by atoms with Crippen LogP contribution in [-0.4, -0.2) is 57.2 Å². The van der Waals surface area contributed by atoms with Crippen molar-refractivity contribution >= 4 is 22.3 Å². The highest BCUT2D eigenvalue weighted by Crippen LogP contribution is 2.22. The van der Waals surface area contributed by atoms with E-state index in [1.165, 1.54) is 5.00 Å². The SMILES string of the molecule is CN=C(NCCOc1ccccc1)N1CCN(c2cccs2)CC1. The predicted octanol–water partition coefficient (Wildman–Crippen LogP) is 2.52. The molecular weight excluding hydrogens is 320 g/mol. The summed E-state index contributed by atoms with van der Waals surface area (Å²) in [5, 5.41) is 6.88. The van der Waals surface area contributed by atoms with E-state index >= 15 is 0 Å². The topological polar surface area (TPSA) is 40.1 Å². The molecule has 0 unspecified atom stereocenters. The fourth-order valence-electron chi connectivity index (χ4n) is 2.77. The van der Waals surface area contributed by atoms with Crippen molar-refractivity contribution in [3.8, 4) is 5.75 Å². The van der Waals surface area contributed by atoms with E-state index in [-0.39, 0.29) is 0 Å². The fraction of sp³-hybridized carbons (Fsp3) is 0.389. The first-order chi connectivity index (χ1) is 11.9. The molecule has 0 saturated carbocycles. The number of para-hydroxylation sites is 1. The van der Waals surface area contributed by atoms with Crippen molar-refractivity contribution in [2.24, 2.45) is 4.99 Å². The molecular formula is C18H24N4OS. The zero-order valence-corrected chi connectivity index (χ0v) is 14.8. The van der Waals surface area contributed by atoms with E-state index in [0.717, 1.165) is 44.4 Å². The van der Waals surface area contributed by atoms with Crippen LogP contribution in [0.15, 0.2) is 52.8 Å². The van der Waals surface area contributed by atoms with Crippen LogP contribution in [0.5, 0.6) is 5.75 Å². The second-order valence-corrected chi connectivity index (χ2v) is 6.49. The van der Waals surface area contributed by atoms with Crippen molar-refractivity contribution < 1.29 is 4.74 Å². The Hall–Kier alpha value is -2.21. The molecule has 3 rings (SSSR count). The summed E-state index contributed by atoms with van der Waals surface area (Å²) in [5.74, 6) is 1.86. The summed E-state index contributed by atoms with van der Waals surface area (Å²) in [6.45, 7) is 5.39. The number of nitrogens with zero attached hydrogens (tertiary/aromatic N) is 3. The number of piperazine rings is 1. The van der Waals surface area contributed by atoms with Crippen molar-refractivity contribution in [1.82, 2.24) is 10.2 Å². The van der Waals surface area contributed by atoms with Gasteiger partial charge in [0, 0.05) is 33.2 Å². The second-order valence-electron chi connectivity index (χ2n) is 5.56. The summed E-state index contributed by atoms with van der Waals surface area (Å²) in [7, 11) is 1.84. The van der Waals surface area contributed by atoms with Crippen molar-refractivity contribution in [3.05, 3.63) is 47.8 Å². The number of guanidine groups is 1. The van der Waals surface area contributed by atoms with Gasteiger partial charge in [0.15, 0.2) is 5.96 Å². The molecule has 2 heterocycles. The highest BCUT2D eigenvalue weighted by atomic mass is 32.1. The van der Waals surface area contributed by atoms with Crippen molar-refractivity contribution in [1.29, 1.82) is 0 Å². The Labute approximate surface area is 147 Å². The number of hydrogen-bond donors (Lipinski definition) is 1. The lowest BCUT2D eigenvalue weighted by Crippen LogP contribution is -2.52. The van der Waals surface area contributed by atoms with E-state index in [2.05, 4.69) is 37.6 Å². The first-order valence-electron chi connectivity index (χ1n) is 8.29. The summed E-state index contributed by atoms with van der Waals surface area (Å²) >= 11 is 1.80. The monoisotopic (exact) mass is 344 g/mol. The Morgan fingerprint density at radius 3 is 2.58 bits per heavy atom. The van der Waals surface area contributed by atoms with Gasteiger partial charge >= 0.3 is 0 Å². The molecule has 1 aromatic heterocycles. The van der Waals surface area contributed by atoms with Gasteiger partial charge in [-0.15, -0.1) is 11.3 Å². The molecule has 1 aromatic carbocycles. The molecule has 0 radical (unpaired) electrons. The normalized spacial score (nSPS) is 15.5. The quantitative estimate of drug-likeness (QED) is 0.514. The van der Waals surface area contributed by atoms with Crippen LogP contribution in [0.25, 0.3) is 0 Å². The molecule has 0 bridgehead atoms. The Bertz CT molecular complexity index is 622. The molecule has 0 aliphatic carbocycles. The van der Waals surface area contributed by atoms with Crippen molar-refractivity contribution in [3.63, 3.8) is 0 Å². The highest BCUT2D eigenvalue weighted by Gasteiger charge is 2.19. The molecule has 1 aliphatic rings. The molecule has 128 valence electrons. The van der Waals surface area contributed by atoms with Gasteiger partial charge in [-0.3, -0.25) is 4.99 Å². The molecule has 2 aromatic rings. The second kappa shape index (κ2) is 8.59. The van der Waals surface area contributed by atoms with E-state index in [1.807, 2.05) is 37.4 Å².